The summed E-state index contributed by atoms with van der Waals surface area (Å²) in [5.41, 5.74) is 5.74. The summed E-state index contributed by atoms with van der Waals surface area (Å²) < 4.78 is 5.82. The third-order valence-corrected chi connectivity index (χ3v) is 5.06. The Morgan fingerprint density at radius 2 is 1.88 bits per heavy atom. The average Bonchev–Trinajstić information content (AvgIpc) is 3.01. The highest BCUT2D eigenvalue weighted by molar-refractivity contribution is 7.09. The summed E-state index contributed by atoms with van der Waals surface area (Å²) in [5, 5.41) is 3.23. The second-order valence-electron chi connectivity index (χ2n) is 7.69. The van der Waals surface area contributed by atoms with E-state index in [1.807, 2.05) is 13.4 Å². The van der Waals surface area contributed by atoms with Crippen LogP contribution in [0.2, 0.25) is 0 Å². The fourth-order valence-electron chi connectivity index (χ4n) is 2.51. The van der Waals surface area contributed by atoms with E-state index in [1.54, 1.807) is 11.3 Å². The first-order valence-electron chi connectivity index (χ1n) is 9.09. The van der Waals surface area contributed by atoms with Gasteiger partial charge < -0.3 is 9.64 Å². The van der Waals surface area contributed by atoms with Crippen molar-refractivity contribution in [3.8, 4) is 0 Å². The van der Waals surface area contributed by atoms with Crippen LogP contribution in [0, 0.1) is 13.8 Å². The van der Waals surface area contributed by atoms with Gasteiger partial charge in [-0.25, -0.2) is 9.98 Å². The average molecular weight is 374 g/mol. The minimum atomic E-state index is -0.140. The predicted molar refractivity (Wildman–Crippen MR) is 112 cm³/mol. The Morgan fingerprint density at radius 1 is 1.23 bits per heavy atom. The maximum absolute atomic E-state index is 5.82. The first-order valence-corrected chi connectivity index (χ1v) is 9.97. The molecule has 0 amide bonds. The zero-order valence-electron chi connectivity index (χ0n) is 17.1. The first-order chi connectivity index (χ1) is 12.2. The molecule has 0 aliphatic heterocycles. The normalized spacial score (nSPS) is 12.1. The Bertz CT molecular complexity index is 736. The highest BCUT2D eigenvalue weighted by atomic mass is 32.1. The molecular formula is C21H31N3OS. The van der Waals surface area contributed by atoms with Gasteiger partial charge in [-0.05, 0) is 70.4 Å². The van der Waals surface area contributed by atoms with Crippen LogP contribution in [0.5, 0.6) is 0 Å². The number of thiazole rings is 1. The maximum atomic E-state index is 5.82. The van der Waals surface area contributed by atoms with Crippen LogP contribution in [-0.4, -0.2) is 35.4 Å². The van der Waals surface area contributed by atoms with Crippen LogP contribution in [-0.2, 0) is 17.8 Å². The molecule has 0 radical (unpaired) electrons. The zero-order chi connectivity index (χ0) is 19.3. The molecule has 142 valence electrons. The quantitative estimate of drug-likeness (QED) is 0.490. The lowest BCUT2D eigenvalue weighted by molar-refractivity contribution is -0.0163. The number of aryl methyl sites for hydroxylation is 2. The van der Waals surface area contributed by atoms with Gasteiger partial charge in [-0.3, -0.25) is 0 Å². The van der Waals surface area contributed by atoms with E-state index in [1.165, 1.54) is 16.7 Å². The summed E-state index contributed by atoms with van der Waals surface area (Å²) in [4.78, 5) is 11.4. The number of nitrogens with zero attached hydrogens (tertiary/aromatic N) is 3. The number of aromatic nitrogens is 1. The second kappa shape index (κ2) is 8.78. The van der Waals surface area contributed by atoms with Gasteiger partial charge in [0, 0.05) is 25.4 Å². The highest BCUT2D eigenvalue weighted by Gasteiger charge is 2.13. The molecule has 0 aliphatic rings. The van der Waals surface area contributed by atoms with Gasteiger partial charge in [0.25, 0.3) is 0 Å². The second-order valence-corrected chi connectivity index (χ2v) is 8.63. The van der Waals surface area contributed by atoms with Gasteiger partial charge in [0.05, 0.1) is 34.9 Å². The Kier molecular flexibility index (Phi) is 6.95. The van der Waals surface area contributed by atoms with E-state index in [-0.39, 0.29) is 5.60 Å². The Hall–Kier alpha value is -1.72. The number of benzene rings is 1. The zero-order valence-corrected chi connectivity index (χ0v) is 17.9. The number of rotatable bonds is 7. The summed E-state index contributed by atoms with van der Waals surface area (Å²) in [6.07, 6.45) is 2.74. The molecule has 0 aliphatic carbocycles. The van der Waals surface area contributed by atoms with Crippen molar-refractivity contribution in [2.75, 3.05) is 13.6 Å². The van der Waals surface area contributed by atoms with E-state index in [2.05, 4.69) is 68.9 Å². The Balaban J connectivity index is 2.10. The van der Waals surface area contributed by atoms with E-state index in [9.17, 15) is 0 Å². The molecule has 4 nitrogen and oxygen atoms in total. The molecule has 1 aromatic heterocycles. The lowest BCUT2D eigenvalue weighted by Crippen LogP contribution is -2.18. The highest BCUT2D eigenvalue weighted by Crippen LogP contribution is 2.26. The van der Waals surface area contributed by atoms with Crippen molar-refractivity contribution in [1.29, 1.82) is 0 Å². The monoisotopic (exact) mass is 373 g/mol. The van der Waals surface area contributed by atoms with Crippen molar-refractivity contribution in [1.82, 2.24) is 9.88 Å². The third-order valence-electron chi connectivity index (χ3n) is 4.16. The molecule has 0 atom stereocenters. The molecule has 5 heteroatoms. The van der Waals surface area contributed by atoms with Crippen molar-refractivity contribution in [3.63, 3.8) is 0 Å². The molecule has 0 fully saturated rings. The summed E-state index contributed by atoms with van der Waals surface area (Å²) in [7, 11) is 2.03. The number of hydrogen-bond donors (Lipinski definition) is 0. The summed E-state index contributed by atoms with van der Waals surface area (Å²) >= 11 is 1.71. The van der Waals surface area contributed by atoms with Crippen LogP contribution in [0.15, 0.2) is 22.5 Å². The fourth-order valence-corrected chi connectivity index (χ4v) is 3.30. The standard InChI is InChI=1S/C21H31N3OS/c1-8-24(7)14-22-17-9-15(2)19(16(3)10-17)11-20-23-18(13-26-20)12-25-21(4,5)6/h9-10,13-14H,8,11-12H2,1-7H3. The molecule has 0 N–H and O–H groups in total. The van der Waals surface area contributed by atoms with Crippen molar-refractivity contribution in [3.05, 3.63) is 44.9 Å². The van der Waals surface area contributed by atoms with E-state index >= 15 is 0 Å². The molecule has 2 aromatic rings. The summed E-state index contributed by atoms with van der Waals surface area (Å²) in [5.74, 6) is 0. The molecule has 0 unspecified atom stereocenters. The SMILES string of the molecule is CCN(C)C=Nc1cc(C)c(Cc2nc(COC(C)(C)C)cs2)c(C)c1. The van der Waals surface area contributed by atoms with Crippen molar-refractivity contribution < 1.29 is 4.74 Å². The van der Waals surface area contributed by atoms with Crippen LogP contribution >= 0.6 is 11.3 Å². The molecular weight excluding hydrogens is 342 g/mol. The lowest BCUT2D eigenvalue weighted by atomic mass is 9.99. The molecule has 0 saturated carbocycles. The van der Waals surface area contributed by atoms with Gasteiger partial charge in [0.1, 0.15) is 0 Å². The minimum absolute atomic E-state index is 0.140. The van der Waals surface area contributed by atoms with Crippen LogP contribution < -0.4 is 0 Å². The van der Waals surface area contributed by atoms with Crippen molar-refractivity contribution in [2.24, 2.45) is 4.99 Å². The maximum Gasteiger partial charge on any atom is 0.0973 e. The largest absolute Gasteiger partial charge is 0.370 e. The van der Waals surface area contributed by atoms with Crippen molar-refractivity contribution in [2.45, 2.75) is 60.2 Å². The summed E-state index contributed by atoms with van der Waals surface area (Å²) in [6, 6.07) is 4.30. The van der Waals surface area contributed by atoms with Gasteiger partial charge in [0.15, 0.2) is 0 Å². The van der Waals surface area contributed by atoms with Gasteiger partial charge in [-0.2, -0.15) is 0 Å². The van der Waals surface area contributed by atoms with E-state index in [0.717, 1.165) is 29.4 Å². The van der Waals surface area contributed by atoms with Gasteiger partial charge in [-0.1, -0.05) is 0 Å². The lowest BCUT2D eigenvalue weighted by Gasteiger charge is -2.18. The van der Waals surface area contributed by atoms with Crippen LogP contribution in [0.1, 0.15) is 55.1 Å². The van der Waals surface area contributed by atoms with E-state index in [4.69, 9.17) is 9.72 Å². The Morgan fingerprint density at radius 3 is 2.46 bits per heavy atom. The fraction of sp³-hybridized carbons (Fsp3) is 0.524. The molecule has 0 saturated heterocycles. The smallest absolute Gasteiger partial charge is 0.0973 e. The van der Waals surface area contributed by atoms with Crippen molar-refractivity contribution >= 4 is 23.4 Å². The number of ether oxygens (including phenoxy) is 1. The molecule has 26 heavy (non-hydrogen) atoms. The van der Waals surface area contributed by atoms with E-state index < -0.39 is 0 Å². The Labute approximate surface area is 161 Å². The molecule has 2 rings (SSSR count). The van der Waals surface area contributed by atoms with Gasteiger partial charge in [-0.15, -0.1) is 11.3 Å². The van der Waals surface area contributed by atoms with Gasteiger partial charge in [0.2, 0.25) is 0 Å². The van der Waals surface area contributed by atoms with Crippen LogP contribution in [0.4, 0.5) is 5.69 Å². The summed E-state index contributed by atoms with van der Waals surface area (Å²) in [6.45, 7) is 14.1. The topological polar surface area (TPSA) is 37.7 Å². The molecule has 1 heterocycles. The van der Waals surface area contributed by atoms with Crippen LogP contribution in [0.25, 0.3) is 0 Å². The third kappa shape index (κ3) is 6.22. The van der Waals surface area contributed by atoms with Crippen LogP contribution in [0.3, 0.4) is 0 Å². The molecule has 0 bridgehead atoms. The van der Waals surface area contributed by atoms with E-state index in [0.29, 0.717) is 6.61 Å². The minimum Gasteiger partial charge on any atom is -0.370 e. The molecule has 1 aromatic carbocycles. The molecule has 0 spiro atoms. The first kappa shape index (κ1) is 20.6. The number of aliphatic imine (C=N–C) groups is 1. The number of hydrogen-bond acceptors (Lipinski definition) is 4. The van der Waals surface area contributed by atoms with Gasteiger partial charge >= 0.3 is 0 Å². The predicted octanol–water partition coefficient (Wildman–Crippen LogP) is 5.28.